The van der Waals surface area contributed by atoms with E-state index in [0.717, 1.165) is 22.5 Å². The fourth-order valence-corrected chi connectivity index (χ4v) is 3.29. The fourth-order valence-electron chi connectivity index (χ4n) is 3.29. The largest absolute Gasteiger partial charge is 0.368 e. The molecule has 4 rings (SSSR count). The topological polar surface area (TPSA) is 60.2 Å². The molecule has 1 aromatic carbocycles. The predicted molar refractivity (Wildman–Crippen MR) is 102 cm³/mol. The van der Waals surface area contributed by atoms with Gasteiger partial charge >= 0.3 is 0 Å². The van der Waals surface area contributed by atoms with Gasteiger partial charge in [0.15, 0.2) is 0 Å². The number of aryl methyl sites for hydroxylation is 1. The van der Waals surface area contributed by atoms with E-state index in [1.807, 2.05) is 31.4 Å². The zero-order valence-electron chi connectivity index (χ0n) is 15.6. The van der Waals surface area contributed by atoms with E-state index in [1.54, 1.807) is 27.9 Å². The molecular weight excluding hydrogens is 359 g/mol. The second-order valence-electron chi connectivity index (χ2n) is 6.85. The Labute approximate surface area is 162 Å². The standard InChI is InChI=1S/C21H21FN4O2/c1-25-13-16(12-23-25)18-3-2-4-19(24-18)20-14-26(9-10-28-20)21(27)11-15-5-7-17(22)8-6-15/h2-8,12-13,20H,9-11,14H2,1H3/t20-/m1/s1. The SMILES string of the molecule is Cn1cc(-c2cccc([C@H]3CN(C(=O)Cc4ccc(F)cc4)CCO3)n2)cn1. The normalized spacial score (nSPS) is 16.9. The van der Waals surface area contributed by atoms with E-state index < -0.39 is 0 Å². The summed E-state index contributed by atoms with van der Waals surface area (Å²) in [6, 6.07) is 11.8. The quantitative estimate of drug-likeness (QED) is 0.698. The average Bonchev–Trinajstić information content (AvgIpc) is 3.16. The third-order valence-corrected chi connectivity index (χ3v) is 4.79. The van der Waals surface area contributed by atoms with Crippen molar-refractivity contribution in [2.24, 2.45) is 7.05 Å². The molecule has 1 saturated heterocycles. The van der Waals surface area contributed by atoms with Crippen molar-refractivity contribution in [3.8, 4) is 11.3 Å². The summed E-state index contributed by atoms with van der Waals surface area (Å²) in [5, 5.41) is 4.18. The van der Waals surface area contributed by atoms with Crippen LogP contribution in [0, 0.1) is 5.82 Å². The van der Waals surface area contributed by atoms with E-state index in [9.17, 15) is 9.18 Å². The van der Waals surface area contributed by atoms with Gasteiger partial charge in [-0.3, -0.25) is 9.48 Å². The minimum Gasteiger partial charge on any atom is -0.368 e. The first-order valence-electron chi connectivity index (χ1n) is 9.18. The highest BCUT2D eigenvalue weighted by Crippen LogP contribution is 2.24. The second kappa shape index (κ2) is 7.90. The number of hydrogen-bond acceptors (Lipinski definition) is 4. The minimum absolute atomic E-state index is 0.00308. The first kappa shape index (κ1) is 18.3. The van der Waals surface area contributed by atoms with Crippen molar-refractivity contribution in [3.05, 3.63) is 71.9 Å². The Kier molecular flexibility index (Phi) is 5.16. The number of carbonyl (C=O) groups is 1. The van der Waals surface area contributed by atoms with Gasteiger partial charge < -0.3 is 9.64 Å². The van der Waals surface area contributed by atoms with Crippen molar-refractivity contribution in [1.82, 2.24) is 19.7 Å². The highest BCUT2D eigenvalue weighted by molar-refractivity contribution is 5.79. The van der Waals surface area contributed by atoms with Crippen LogP contribution in [0.4, 0.5) is 4.39 Å². The Hall–Kier alpha value is -3.06. The van der Waals surface area contributed by atoms with E-state index in [0.29, 0.717) is 19.7 Å². The Bertz CT molecular complexity index is 971. The van der Waals surface area contributed by atoms with Gasteiger partial charge in [0, 0.05) is 25.4 Å². The lowest BCUT2D eigenvalue weighted by molar-refractivity contribution is -0.138. The number of halogens is 1. The van der Waals surface area contributed by atoms with Crippen LogP contribution < -0.4 is 0 Å². The monoisotopic (exact) mass is 380 g/mol. The van der Waals surface area contributed by atoms with Gasteiger partial charge in [-0.05, 0) is 29.8 Å². The summed E-state index contributed by atoms with van der Waals surface area (Å²) >= 11 is 0. The predicted octanol–water partition coefficient (Wildman–Crippen LogP) is 2.76. The van der Waals surface area contributed by atoms with Crippen LogP contribution in [0.5, 0.6) is 0 Å². The highest BCUT2D eigenvalue weighted by atomic mass is 19.1. The highest BCUT2D eigenvalue weighted by Gasteiger charge is 2.26. The molecule has 0 N–H and O–H groups in total. The van der Waals surface area contributed by atoms with Crippen molar-refractivity contribution in [1.29, 1.82) is 0 Å². The molecule has 1 amide bonds. The molecule has 0 saturated carbocycles. The van der Waals surface area contributed by atoms with E-state index in [2.05, 4.69) is 5.10 Å². The lowest BCUT2D eigenvalue weighted by Gasteiger charge is -2.33. The summed E-state index contributed by atoms with van der Waals surface area (Å²) in [4.78, 5) is 19.2. The number of benzene rings is 1. The van der Waals surface area contributed by atoms with E-state index in [1.165, 1.54) is 12.1 Å². The Morgan fingerprint density at radius 3 is 2.82 bits per heavy atom. The van der Waals surface area contributed by atoms with Gasteiger partial charge in [-0.1, -0.05) is 18.2 Å². The maximum Gasteiger partial charge on any atom is 0.227 e. The summed E-state index contributed by atoms with van der Waals surface area (Å²) in [5.41, 5.74) is 3.35. The summed E-state index contributed by atoms with van der Waals surface area (Å²) < 4.78 is 20.7. The lowest BCUT2D eigenvalue weighted by atomic mass is 10.1. The van der Waals surface area contributed by atoms with Gasteiger partial charge in [0.2, 0.25) is 5.91 Å². The molecule has 1 fully saturated rings. The molecule has 7 heteroatoms. The first-order valence-corrected chi connectivity index (χ1v) is 9.18. The summed E-state index contributed by atoms with van der Waals surface area (Å²) in [6.07, 6.45) is 3.65. The Morgan fingerprint density at radius 2 is 2.07 bits per heavy atom. The number of ether oxygens (including phenoxy) is 1. The van der Waals surface area contributed by atoms with Crippen molar-refractivity contribution in [2.75, 3.05) is 19.7 Å². The van der Waals surface area contributed by atoms with Gasteiger partial charge in [0.25, 0.3) is 0 Å². The molecule has 1 atom stereocenters. The molecule has 2 aromatic heterocycles. The third kappa shape index (κ3) is 4.09. The summed E-state index contributed by atoms with van der Waals surface area (Å²) in [5.74, 6) is -0.300. The molecule has 0 bridgehead atoms. The molecule has 6 nitrogen and oxygen atoms in total. The maximum atomic E-state index is 13.1. The molecule has 28 heavy (non-hydrogen) atoms. The number of rotatable bonds is 4. The minimum atomic E-state index is -0.304. The zero-order valence-corrected chi connectivity index (χ0v) is 15.6. The van der Waals surface area contributed by atoms with Crippen LogP contribution in [0.25, 0.3) is 11.3 Å². The number of nitrogens with zero attached hydrogens (tertiary/aromatic N) is 4. The van der Waals surface area contributed by atoms with Gasteiger partial charge in [0.1, 0.15) is 11.9 Å². The van der Waals surface area contributed by atoms with Gasteiger partial charge in [-0.2, -0.15) is 5.10 Å². The van der Waals surface area contributed by atoms with Gasteiger partial charge in [-0.15, -0.1) is 0 Å². The second-order valence-corrected chi connectivity index (χ2v) is 6.85. The van der Waals surface area contributed by atoms with Crippen LogP contribution in [-0.2, 0) is 23.0 Å². The smallest absolute Gasteiger partial charge is 0.227 e. The lowest BCUT2D eigenvalue weighted by Crippen LogP contribution is -2.43. The maximum absolute atomic E-state index is 13.1. The molecule has 0 spiro atoms. The molecule has 1 aliphatic heterocycles. The van der Waals surface area contributed by atoms with Crippen molar-refractivity contribution < 1.29 is 13.9 Å². The molecule has 3 aromatic rings. The number of carbonyl (C=O) groups excluding carboxylic acids is 1. The number of aromatic nitrogens is 3. The Balaban J connectivity index is 1.46. The molecule has 3 heterocycles. The van der Waals surface area contributed by atoms with E-state index in [-0.39, 0.29) is 24.2 Å². The number of morpholine rings is 1. The molecule has 144 valence electrons. The number of pyridine rings is 1. The molecule has 0 radical (unpaired) electrons. The van der Waals surface area contributed by atoms with Crippen LogP contribution >= 0.6 is 0 Å². The Morgan fingerprint density at radius 1 is 1.25 bits per heavy atom. The zero-order chi connectivity index (χ0) is 19.5. The van der Waals surface area contributed by atoms with Crippen molar-refractivity contribution in [3.63, 3.8) is 0 Å². The van der Waals surface area contributed by atoms with Gasteiger partial charge in [0.05, 0.1) is 37.2 Å². The van der Waals surface area contributed by atoms with Crippen LogP contribution in [-0.4, -0.2) is 45.3 Å². The summed E-state index contributed by atoms with van der Waals surface area (Å²) in [7, 11) is 1.86. The summed E-state index contributed by atoms with van der Waals surface area (Å²) in [6.45, 7) is 1.45. The van der Waals surface area contributed by atoms with Crippen LogP contribution in [0.2, 0.25) is 0 Å². The third-order valence-electron chi connectivity index (χ3n) is 4.79. The van der Waals surface area contributed by atoms with Crippen molar-refractivity contribution in [2.45, 2.75) is 12.5 Å². The van der Waals surface area contributed by atoms with Crippen LogP contribution in [0.1, 0.15) is 17.4 Å². The van der Waals surface area contributed by atoms with E-state index >= 15 is 0 Å². The molecule has 1 aliphatic rings. The fraction of sp³-hybridized carbons (Fsp3) is 0.286. The van der Waals surface area contributed by atoms with Crippen LogP contribution in [0.15, 0.2) is 54.9 Å². The number of amides is 1. The van der Waals surface area contributed by atoms with Crippen LogP contribution in [0.3, 0.4) is 0 Å². The first-order chi connectivity index (χ1) is 13.6. The molecule has 0 unspecified atom stereocenters. The van der Waals surface area contributed by atoms with E-state index in [4.69, 9.17) is 9.72 Å². The number of hydrogen-bond donors (Lipinski definition) is 0. The molecular formula is C21H21FN4O2. The molecule has 0 aliphatic carbocycles. The van der Waals surface area contributed by atoms with Gasteiger partial charge in [-0.25, -0.2) is 9.37 Å². The average molecular weight is 380 g/mol. The van der Waals surface area contributed by atoms with Crippen molar-refractivity contribution >= 4 is 5.91 Å².